The second-order valence-electron chi connectivity index (χ2n) is 5.67. The second-order valence-corrected chi connectivity index (χ2v) is 5.67. The molecule has 0 aliphatic rings. The maximum Gasteiger partial charge on any atom is 0.358 e. The van der Waals surface area contributed by atoms with Crippen LogP contribution in [0.3, 0.4) is 0 Å². The maximum absolute atomic E-state index is 12.3. The number of carbonyl (C=O) groups excluding carboxylic acids is 2. The third-order valence-electron chi connectivity index (χ3n) is 3.83. The third-order valence-corrected chi connectivity index (χ3v) is 3.83. The summed E-state index contributed by atoms with van der Waals surface area (Å²) in [5.74, 6) is -0.230. The fraction of sp³-hybridized carbons (Fsp3) is 0.389. The van der Waals surface area contributed by atoms with Gasteiger partial charge in [-0.3, -0.25) is 9.48 Å². The van der Waals surface area contributed by atoms with E-state index in [9.17, 15) is 9.59 Å². The van der Waals surface area contributed by atoms with Gasteiger partial charge in [0.2, 0.25) is 0 Å². The highest BCUT2D eigenvalue weighted by atomic mass is 16.5. The Bertz CT molecular complexity index is 776. The van der Waals surface area contributed by atoms with Gasteiger partial charge < -0.3 is 14.8 Å². The Morgan fingerprint density at radius 3 is 2.40 bits per heavy atom. The highest BCUT2D eigenvalue weighted by molar-refractivity contribution is 6.01. The fourth-order valence-corrected chi connectivity index (χ4v) is 2.60. The number of carbonyl (C=O) groups is 2. The molecule has 1 heterocycles. The van der Waals surface area contributed by atoms with Gasteiger partial charge in [-0.1, -0.05) is 18.2 Å². The number of ether oxygens (including phenoxy) is 2. The summed E-state index contributed by atoms with van der Waals surface area (Å²) < 4.78 is 11.9. The van der Waals surface area contributed by atoms with Crippen molar-refractivity contribution in [3.8, 4) is 5.75 Å². The van der Waals surface area contributed by atoms with E-state index in [1.165, 1.54) is 11.8 Å². The lowest BCUT2D eigenvalue weighted by molar-refractivity contribution is -0.118. The molecule has 0 radical (unpaired) electrons. The number of anilines is 1. The molecule has 134 valence electrons. The number of rotatable bonds is 6. The van der Waals surface area contributed by atoms with Crippen molar-refractivity contribution in [1.82, 2.24) is 9.78 Å². The van der Waals surface area contributed by atoms with Gasteiger partial charge in [-0.25, -0.2) is 4.79 Å². The van der Waals surface area contributed by atoms with Crippen LogP contribution in [-0.4, -0.2) is 35.4 Å². The average molecular weight is 345 g/mol. The van der Waals surface area contributed by atoms with Crippen molar-refractivity contribution in [3.63, 3.8) is 0 Å². The van der Waals surface area contributed by atoms with Gasteiger partial charge in [0.05, 0.1) is 18.5 Å². The van der Waals surface area contributed by atoms with Crippen molar-refractivity contribution >= 4 is 17.6 Å². The van der Waals surface area contributed by atoms with Gasteiger partial charge in [-0.2, -0.15) is 5.10 Å². The lowest BCUT2D eigenvalue weighted by Gasteiger charge is -2.12. The molecule has 25 heavy (non-hydrogen) atoms. The van der Waals surface area contributed by atoms with Gasteiger partial charge in [-0.05, 0) is 38.8 Å². The van der Waals surface area contributed by atoms with Crippen LogP contribution in [0.4, 0.5) is 5.69 Å². The molecule has 0 saturated carbocycles. The van der Waals surface area contributed by atoms with Gasteiger partial charge in [-0.15, -0.1) is 0 Å². The van der Waals surface area contributed by atoms with Crippen LogP contribution in [0, 0.1) is 20.8 Å². The fourth-order valence-electron chi connectivity index (χ4n) is 2.60. The van der Waals surface area contributed by atoms with Crippen molar-refractivity contribution in [3.05, 3.63) is 40.7 Å². The molecule has 7 nitrogen and oxygen atoms in total. The molecule has 0 unspecified atom stereocenters. The summed E-state index contributed by atoms with van der Waals surface area (Å²) in [6, 6.07) is 5.78. The Morgan fingerprint density at radius 1 is 1.20 bits per heavy atom. The van der Waals surface area contributed by atoms with Crippen molar-refractivity contribution < 1.29 is 19.1 Å². The number of nitrogens with one attached hydrogen (secondary N) is 1. The number of methoxy groups -OCH3 is 1. The summed E-state index contributed by atoms with van der Waals surface area (Å²) in [6.45, 7) is 7.74. The lowest BCUT2D eigenvalue weighted by atomic mass is 10.1. The first-order valence-corrected chi connectivity index (χ1v) is 8.03. The molecular formula is C18H23N3O4. The normalized spacial score (nSPS) is 10.4. The molecule has 0 fully saturated rings. The Labute approximate surface area is 146 Å². The summed E-state index contributed by atoms with van der Waals surface area (Å²) in [4.78, 5) is 24.3. The van der Waals surface area contributed by atoms with Crippen molar-refractivity contribution in [2.75, 3.05) is 19.0 Å². The van der Waals surface area contributed by atoms with Crippen LogP contribution in [0.2, 0.25) is 0 Å². The first-order chi connectivity index (χ1) is 11.9. The standard InChI is InChI=1S/C18H23N3O4/c1-6-21-16(18(23)24-5)15(13(4)20-21)19-14(22)10-25-17-11(2)8-7-9-12(17)3/h7-9H,6,10H2,1-5H3,(H,19,22). The van der Waals surface area contributed by atoms with Crippen molar-refractivity contribution in [2.45, 2.75) is 34.2 Å². The smallest absolute Gasteiger partial charge is 0.358 e. The van der Waals surface area contributed by atoms with Gasteiger partial charge in [0.15, 0.2) is 12.3 Å². The van der Waals surface area contributed by atoms with E-state index >= 15 is 0 Å². The zero-order valence-electron chi connectivity index (χ0n) is 15.2. The molecular weight excluding hydrogens is 322 g/mol. The van der Waals surface area contributed by atoms with Crippen LogP contribution in [-0.2, 0) is 16.1 Å². The maximum atomic E-state index is 12.3. The number of aromatic nitrogens is 2. The molecule has 1 amide bonds. The van der Waals surface area contributed by atoms with Crippen LogP contribution in [0.25, 0.3) is 0 Å². The molecule has 2 rings (SSSR count). The molecule has 0 atom stereocenters. The first kappa shape index (κ1) is 18.5. The van der Waals surface area contributed by atoms with Gasteiger partial charge in [0, 0.05) is 6.54 Å². The number of aryl methyl sites for hydroxylation is 4. The molecule has 0 saturated heterocycles. The van der Waals surface area contributed by atoms with E-state index in [1.807, 2.05) is 39.0 Å². The summed E-state index contributed by atoms with van der Waals surface area (Å²) in [6.07, 6.45) is 0. The van der Waals surface area contributed by atoms with Gasteiger partial charge in [0.1, 0.15) is 5.75 Å². The third kappa shape index (κ3) is 3.99. The van der Waals surface area contributed by atoms with E-state index in [1.54, 1.807) is 6.92 Å². The molecule has 0 bridgehead atoms. The van der Waals surface area contributed by atoms with E-state index in [2.05, 4.69) is 10.4 Å². The molecule has 0 spiro atoms. The second kappa shape index (κ2) is 7.83. The topological polar surface area (TPSA) is 82.5 Å². The van der Waals surface area contributed by atoms with Crippen molar-refractivity contribution in [2.24, 2.45) is 0 Å². The minimum absolute atomic E-state index is 0.164. The van der Waals surface area contributed by atoms with Crippen LogP contribution < -0.4 is 10.1 Å². The van der Waals surface area contributed by atoms with Crippen LogP contribution in [0.5, 0.6) is 5.75 Å². The van der Waals surface area contributed by atoms with E-state index in [0.29, 0.717) is 23.7 Å². The van der Waals surface area contributed by atoms with E-state index < -0.39 is 5.97 Å². The van der Waals surface area contributed by atoms with Crippen LogP contribution in [0.1, 0.15) is 34.2 Å². The van der Waals surface area contributed by atoms with E-state index in [4.69, 9.17) is 9.47 Å². The summed E-state index contributed by atoms with van der Waals surface area (Å²) >= 11 is 0. The monoisotopic (exact) mass is 345 g/mol. The quantitative estimate of drug-likeness (QED) is 0.814. The first-order valence-electron chi connectivity index (χ1n) is 8.03. The Morgan fingerprint density at radius 2 is 1.84 bits per heavy atom. The minimum atomic E-state index is -0.548. The highest BCUT2D eigenvalue weighted by Gasteiger charge is 2.23. The number of hydrogen-bond acceptors (Lipinski definition) is 5. The largest absolute Gasteiger partial charge is 0.483 e. The highest BCUT2D eigenvalue weighted by Crippen LogP contribution is 2.23. The van der Waals surface area contributed by atoms with Crippen LogP contribution in [0.15, 0.2) is 18.2 Å². The summed E-state index contributed by atoms with van der Waals surface area (Å²) in [5, 5.41) is 6.97. The number of amides is 1. The number of nitrogens with zero attached hydrogens (tertiary/aromatic N) is 2. The zero-order chi connectivity index (χ0) is 18.6. The number of para-hydroxylation sites is 1. The molecule has 1 aromatic carbocycles. The predicted molar refractivity (Wildman–Crippen MR) is 94.0 cm³/mol. The SMILES string of the molecule is CCn1nc(C)c(NC(=O)COc2c(C)cccc2C)c1C(=O)OC. The summed E-state index contributed by atoms with van der Waals surface area (Å²) in [5.41, 5.74) is 3.03. The molecule has 2 aromatic rings. The predicted octanol–water partition coefficient (Wildman–Crippen LogP) is 2.63. The molecule has 7 heteroatoms. The number of esters is 1. The molecule has 1 aromatic heterocycles. The molecule has 0 aliphatic carbocycles. The number of hydrogen-bond donors (Lipinski definition) is 1. The Hall–Kier alpha value is -2.83. The zero-order valence-corrected chi connectivity index (χ0v) is 15.2. The van der Waals surface area contributed by atoms with Crippen LogP contribution >= 0.6 is 0 Å². The number of benzene rings is 1. The van der Waals surface area contributed by atoms with E-state index in [0.717, 1.165) is 11.1 Å². The van der Waals surface area contributed by atoms with Gasteiger partial charge in [0.25, 0.3) is 5.91 Å². The van der Waals surface area contributed by atoms with Crippen molar-refractivity contribution in [1.29, 1.82) is 0 Å². The molecule has 0 aliphatic heterocycles. The van der Waals surface area contributed by atoms with E-state index in [-0.39, 0.29) is 18.2 Å². The minimum Gasteiger partial charge on any atom is -0.483 e. The Balaban J connectivity index is 2.16. The Kier molecular flexibility index (Phi) is 5.80. The lowest BCUT2D eigenvalue weighted by Crippen LogP contribution is -2.23. The molecule has 1 N–H and O–H groups in total. The average Bonchev–Trinajstić information content (AvgIpc) is 2.89. The van der Waals surface area contributed by atoms with Gasteiger partial charge >= 0.3 is 5.97 Å². The summed E-state index contributed by atoms with van der Waals surface area (Å²) in [7, 11) is 1.29.